The van der Waals surface area contributed by atoms with E-state index in [1.807, 2.05) is 12.1 Å². The normalized spacial score (nSPS) is 20.7. The Labute approximate surface area is 141 Å². The summed E-state index contributed by atoms with van der Waals surface area (Å²) >= 11 is 1.75. The van der Waals surface area contributed by atoms with E-state index in [4.69, 9.17) is 0 Å². The lowest BCUT2D eigenvalue weighted by molar-refractivity contribution is -0.122. The van der Waals surface area contributed by atoms with Crippen LogP contribution in [0.4, 0.5) is 0 Å². The molecule has 2 aromatic rings. The minimum absolute atomic E-state index is 0.0381. The van der Waals surface area contributed by atoms with Crippen molar-refractivity contribution in [3.05, 3.63) is 48.0 Å². The molecule has 1 unspecified atom stereocenters. The number of fused-ring (bicyclic) bond motifs is 1. The highest BCUT2D eigenvalue weighted by Gasteiger charge is 2.31. The highest BCUT2D eigenvalue weighted by molar-refractivity contribution is 7.99. The molecule has 1 aliphatic heterocycles. The lowest BCUT2D eigenvalue weighted by atomic mass is 10.0. The van der Waals surface area contributed by atoms with Gasteiger partial charge in [0.25, 0.3) is 0 Å². The fourth-order valence-electron chi connectivity index (χ4n) is 2.93. The molecule has 1 atom stereocenters. The Hall–Kier alpha value is -1.52. The van der Waals surface area contributed by atoms with Gasteiger partial charge in [-0.05, 0) is 41.4 Å². The molecule has 0 radical (unpaired) electrons. The summed E-state index contributed by atoms with van der Waals surface area (Å²) in [5.41, 5.74) is 0.570. The van der Waals surface area contributed by atoms with Gasteiger partial charge < -0.3 is 10.4 Å². The summed E-state index contributed by atoms with van der Waals surface area (Å²) in [4.78, 5) is 11.9. The third-order valence-corrected chi connectivity index (χ3v) is 5.61. The smallest absolute Gasteiger partial charge is 0.220 e. The molecule has 4 heteroatoms. The van der Waals surface area contributed by atoms with Crippen molar-refractivity contribution < 1.29 is 9.90 Å². The molecule has 0 aromatic heterocycles. The Kier molecular flexibility index (Phi) is 5.23. The Morgan fingerprint density at radius 2 is 2.04 bits per heavy atom. The summed E-state index contributed by atoms with van der Waals surface area (Å²) in [6, 6.07) is 14.8. The number of aliphatic hydroxyl groups is 1. The second kappa shape index (κ2) is 7.37. The zero-order valence-corrected chi connectivity index (χ0v) is 14.1. The number of carbonyl (C=O) groups excluding carboxylic acids is 1. The van der Waals surface area contributed by atoms with Crippen LogP contribution in [0, 0.1) is 0 Å². The van der Waals surface area contributed by atoms with Gasteiger partial charge in [-0.25, -0.2) is 0 Å². The van der Waals surface area contributed by atoms with Gasteiger partial charge in [0, 0.05) is 18.7 Å². The van der Waals surface area contributed by atoms with Crippen LogP contribution in [0.5, 0.6) is 0 Å². The first-order chi connectivity index (χ1) is 11.1. The second-order valence-corrected chi connectivity index (χ2v) is 7.44. The number of carbonyl (C=O) groups is 1. The van der Waals surface area contributed by atoms with Gasteiger partial charge in [0.05, 0.1) is 5.60 Å². The van der Waals surface area contributed by atoms with Crippen LogP contribution in [-0.4, -0.2) is 34.7 Å². The number of amides is 1. The van der Waals surface area contributed by atoms with E-state index >= 15 is 0 Å². The first-order valence-electron chi connectivity index (χ1n) is 8.19. The molecule has 0 bridgehead atoms. The number of thioether (sulfide) groups is 1. The van der Waals surface area contributed by atoms with Crippen LogP contribution in [0.1, 0.15) is 24.8 Å². The Balaban J connectivity index is 1.43. The molecule has 1 amide bonds. The van der Waals surface area contributed by atoms with Crippen molar-refractivity contribution >= 4 is 28.4 Å². The Bertz CT molecular complexity index is 680. The van der Waals surface area contributed by atoms with E-state index < -0.39 is 5.60 Å². The van der Waals surface area contributed by atoms with Gasteiger partial charge in [-0.3, -0.25) is 4.79 Å². The van der Waals surface area contributed by atoms with Gasteiger partial charge >= 0.3 is 0 Å². The molecule has 0 spiro atoms. The largest absolute Gasteiger partial charge is 0.387 e. The molecule has 0 aliphatic carbocycles. The molecule has 122 valence electrons. The van der Waals surface area contributed by atoms with Crippen LogP contribution in [0.2, 0.25) is 0 Å². The Morgan fingerprint density at radius 1 is 1.22 bits per heavy atom. The van der Waals surface area contributed by atoms with Crippen LogP contribution in [-0.2, 0) is 11.2 Å². The third kappa shape index (κ3) is 4.49. The number of hydrogen-bond donors (Lipinski definition) is 2. The van der Waals surface area contributed by atoms with Crippen LogP contribution in [0.3, 0.4) is 0 Å². The molecule has 23 heavy (non-hydrogen) atoms. The van der Waals surface area contributed by atoms with Gasteiger partial charge in [-0.2, -0.15) is 11.8 Å². The van der Waals surface area contributed by atoms with Crippen molar-refractivity contribution in [3.8, 4) is 0 Å². The van der Waals surface area contributed by atoms with Crippen molar-refractivity contribution in [1.29, 1.82) is 0 Å². The summed E-state index contributed by atoms with van der Waals surface area (Å²) < 4.78 is 0. The first-order valence-corrected chi connectivity index (χ1v) is 9.35. The topological polar surface area (TPSA) is 49.3 Å². The van der Waals surface area contributed by atoms with E-state index in [1.165, 1.54) is 16.3 Å². The van der Waals surface area contributed by atoms with Crippen LogP contribution in [0.15, 0.2) is 42.5 Å². The molecule has 0 saturated carbocycles. The van der Waals surface area contributed by atoms with E-state index in [2.05, 4.69) is 35.6 Å². The predicted octanol–water partition coefficient (Wildman–Crippen LogP) is 3.15. The molecule has 2 N–H and O–H groups in total. The molecular weight excluding hydrogens is 306 g/mol. The second-order valence-electron chi connectivity index (χ2n) is 6.34. The SMILES string of the molecule is O=C(CCCc1ccc2ccccc2c1)NCC1(O)CCSC1. The van der Waals surface area contributed by atoms with Gasteiger partial charge in [0.15, 0.2) is 0 Å². The summed E-state index contributed by atoms with van der Waals surface area (Å²) in [6.07, 6.45) is 3.01. The molecule has 1 fully saturated rings. The standard InChI is InChI=1S/C19H23NO2S/c21-18(20-13-19(22)10-11-23-14-19)7-3-4-15-8-9-16-5-1-2-6-17(16)12-15/h1-2,5-6,8-9,12,22H,3-4,7,10-11,13-14H2,(H,20,21). The number of nitrogens with one attached hydrogen (secondary N) is 1. The van der Waals surface area contributed by atoms with Gasteiger partial charge in [0.2, 0.25) is 5.91 Å². The van der Waals surface area contributed by atoms with Gasteiger partial charge in [0.1, 0.15) is 0 Å². The van der Waals surface area contributed by atoms with Crippen molar-refractivity contribution in [3.63, 3.8) is 0 Å². The van der Waals surface area contributed by atoms with Crippen molar-refractivity contribution in [2.24, 2.45) is 0 Å². The van der Waals surface area contributed by atoms with Crippen molar-refractivity contribution in [2.75, 3.05) is 18.1 Å². The average molecular weight is 329 g/mol. The maximum Gasteiger partial charge on any atom is 0.220 e. The highest BCUT2D eigenvalue weighted by Crippen LogP contribution is 2.27. The van der Waals surface area contributed by atoms with Crippen molar-refractivity contribution in [1.82, 2.24) is 5.32 Å². The lowest BCUT2D eigenvalue weighted by Gasteiger charge is -2.21. The minimum atomic E-state index is -0.696. The van der Waals surface area contributed by atoms with E-state index in [0.29, 0.717) is 13.0 Å². The number of hydrogen-bond acceptors (Lipinski definition) is 3. The van der Waals surface area contributed by atoms with Gasteiger partial charge in [-0.1, -0.05) is 42.5 Å². The summed E-state index contributed by atoms with van der Waals surface area (Å²) in [5, 5.41) is 15.6. The number of rotatable bonds is 6. The summed E-state index contributed by atoms with van der Waals surface area (Å²) in [5.74, 6) is 1.75. The zero-order valence-electron chi connectivity index (χ0n) is 13.3. The number of aryl methyl sites for hydroxylation is 1. The van der Waals surface area contributed by atoms with Crippen LogP contribution in [0.25, 0.3) is 10.8 Å². The highest BCUT2D eigenvalue weighted by atomic mass is 32.2. The quantitative estimate of drug-likeness (QED) is 0.856. The van der Waals surface area contributed by atoms with Gasteiger partial charge in [-0.15, -0.1) is 0 Å². The molecule has 3 nitrogen and oxygen atoms in total. The average Bonchev–Trinajstić information content (AvgIpc) is 3.00. The van der Waals surface area contributed by atoms with E-state index in [-0.39, 0.29) is 5.91 Å². The predicted molar refractivity (Wildman–Crippen MR) is 96.8 cm³/mol. The fourth-order valence-corrected chi connectivity index (χ4v) is 4.23. The number of benzene rings is 2. The van der Waals surface area contributed by atoms with Crippen molar-refractivity contribution in [2.45, 2.75) is 31.3 Å². The molecule has 1 saturated heterocycles. The molecule has 2 aromatic carbocycles. The molecular formula is C19H23NO2S. The van der Waals surface area contributed by atoms with E-state index in [1.54, 1.807) is 11.8 Å². The maximum absolute atomic E-state index is 11.9. The van der Waals surface area contributed by atoms with E-state index in [0.717, 1.165) is 30.8 Å². The fraction of sp³-hybridized carbons (Fsp3) is 0.421. The monoisotopic (exact) mass is 329 g/mol. The Morgan fingerprint density at radius 3 is 2.83 bits per heavy atom. The minimum Gasteiger partial charge on any atom is -0.387 e. The maximum atomic E-state index is 11.9. The van der Waals surface area contributed by atoms with Crippen LogP contribution < -0.4 is 5.32 Å². The lowest BCUT2D eigenvalue weighted by Crippen LogP contribution is -2.42. The molecule has 1 heterocycles. The molecule has 3 rings (SSSR count). The first kappa shape index (κ1) is 16.3. The zero-order chi connectivity index (χ0) is 16.1. The van der Waals surface area contributed by atoms with E-state index in [9.17, 15) is 9.90 Å². The summed E-state index contributed by atoms with van der Waals surface area (Å²) in [7, 11) is 0. The van der Waals surface area contributed by atoms with Crippen LogP contribution >= 0.6 is 11.8 Å². The summed E-state index contributed by atoms with van der Waals surface area (Å²) in [6.45, 7) is 0.384. The molecule has 1 aliphatic rings. The third-order valence-electron chi connectivity index (χ3n) is 4.38.